The molecule has 2 rings (SSSR count). The fraction of sp³-hybridized carbons (Fsp3) is 0.200. The van der Waals surface area contributed by atoms with E-state index in [4.69, 9.17) is 4.74 Å². The number of aromatic hydroxyl groups is 1. The quantitative estimate of drug-likeness (QED) is 0.860. The molecule has 0 radical (unpaired) electrons. The standard InChI is InChI=1S/C15H14O4/c1-9(16)10(2)19-15(18)13-8-7-11-5-3-4-6-12(11)14(13)17/h3-8,10,17H,1-2H3/t10-/m0/s1. The fourth-order valence-electron chi connectivity index (χ4n) is 1.73. The zero-order valence-electron chi connectivity index (χ0n) is 10.7. The van der Waals surface area contributed by atoms with E-state index in [2.05, 4.69) is 0 Å². The molecule has 4 heteroatoms. The molecule has 2 aromatic carbocycles. The lowest BCUT2D eigenvalue weighted by atomic mass is 10.1. The van der Waals surface area contributed by atoms with Gasteiger partial charge in [0, 0.05) is 5.39 Å². The van der Waals surface area contributed by atoms with Crippen LogP contribution >= 0.6 is 0 Å². The van der Waals surface area contributed by atoms with Crippen LogP contribution in [0.1, 0.15) is 24.2 Å². The van der Waals surface area contributed by atoms with Crippen LogP contribution < -0.4 is 0 Å². The topological polar surface area (TPSA) is 63.6 Å². The van der Waals surface area contributed by atoms with E-state index in [1.54, 1.807) is 18.2 Å². The van der Waals surface area contributed by atoms with Crippen molar-refractivity contribution in [3.05, 3.63) is 42.0 Å². The molecule has 0 bridgehead atoms. The van der Waals surface area contributed by atoms with Gasteiger partial charge in [-0.05, 0) is 25.3 Å². The van der Waals surface area contributed by atoms with E-state index in [0.717, 1.165) is 5.39 Å². The SMILES string of the molecule is CC(=O)[C@H](C)OC(=O)c1ccc2ccccc2c1O. The first-order valence-corrected chi connectivity index (χ1v) is 5.93. The highest BCUT2D eigenvalue weighted by Crippen LogP contribution is 2.29. The minimum Gasteiger partial charge on any atom is -0.506 e. The summed E-state index contributed by atoms with van der Waals surface area (Å²) in [5.74, 6) is -1.07. The molecule has 0 saturated carbocycles. The number of Topliss-reactive ketones (excluding diaryl/α,β-unsaturated/α-hetero) is 1. The van der Waals surface area contributed by atoms with Crippen LogP contribution in [0.5, 0.6) is 5.75 Å². The third-order valence-corrected chi connectivity index (χ3v) is 2.98. The van der Waals surface area contributed by atoms with Gasteiger partial charge in [0.1, 0.15) is 11.3 Å². The van der Waals surface area contributed by atoms with E-state index in [9.17, 15) is 14.7 Å². The van der Waals surface area contributed by atoms with E-state index >= 15 is 0 Å². The monoisotopic (exact) mass is 258 g/mol. The van der Waals surface area contributed by atoms with Crippen LogP contribution in [0.3, 0.4) is 0 Å². The minimum absolute atomic E-state index is 0.0619. The van der Waals surface area contributed by atoms with Crippen molar-refractivity contribution < 1.29 is 19.4 Å². The lowest BCUT2D eigenvalue weighted by Crippen LogP contribution is -2.21. The van der Waals surface area contributed by atoms with Crippen LogP contribution in [0.4, 0.5) is 0 Å². The Morgan fingerprint density at radius 1 is 1.16 bits per heavy atom. The molecule has 0 aliphatic rings. The van der Waals surface area contributed by atoms with Crippen LogP contribution in [-0.2, 0) is 9.53 Å². The van der Waals surface area contributed by atoms with E-state index in [1.165, 1.54) is 19.9 Å². The summed E-state index contributed by atoms with van der Waals surface area (Å²) in [6.07, 6.45) is -0.821. The Labute approximate surface area is 110 Å². The maximum absolute atomic E-state index is 11.9. The van der Waals surface area contributed by atoms with Crippen molar-refractivity contribution in [2.75, 3.05) is 0 Å². The molecule has 19 heavy (non-hydrogen) atoms. The number of carbonyl (C=O) groups is 2. The van der Waals surface area contributed by atoms with Crippen LogP contribution in [0.25, 0.3) is 10.8 Å². The predicted molar refractivity (Wildman–Crippen MR) is 71.2 cm³/mol. The molecular weight excluding hydrogens is 244 g/mol. The summed E-state index contributed by atoms with van der Waals surface area (Å²) in [6, 6.07) is 10.4. The van der Waals surface area contributed by atoms with Crippen LogP contribution in [0.15, 0.2) is 36.4 Å². The summed E-state index contributed by atoms with van der Waals surface area (Å²) in [4.78, 5) is 23.0. The van der Waals surface area contributed by atoms with E-state index < -0.39 is 12.1 Å². The molecule has 0 saturated heterocycles. The Balaban J connectivity index is 2.38. The number of phenolic OH excluding ortho intramolecular Hbond substituents is 1. The van der Waals surface area contributed by atoms with Gasteiger partial charge in [-0.2, -0.15) is 0 Å². The molecular formula is C15H14O4. The zero-order valence-corrected chi connectivity index (χ0v) is 10.7. The Kier molecular flexibility index (Phi) is 3.51. The van der Waals surface area contributed by atoms with Gasteiger partial charge in [0.25, 0.3) is 0 Å². The molecule has 0 heterocycles. The lowest BCUT2D eigenvalue weighted by Gasteiger charge is -2.11. The maximum Gasteiger partial charge on any atom is 0.342 e. The molecule has 1 atom stereocenters. The molecule has 0 aliphatic carbocycles. The summed E-state index contributed by atoms with van der Waals surface area (Å²) in [6.45, 7) is 2.84. The minimum atomic E-state index is -0.821. The molecule has 98 valence electrons. The van der Waals surface area contributed by atoms with Crippen molar-refractivity contribution in [2.24, 2.45) is 0 Å². The van der Waals surface area contributed by atoms with Crippen molar-refractivity contribution in [1.29, 1.82) is 0 Å². The molecule has 1 N–H and O–H groups in total. The number of ether oxygens (including phenoxy) is 1. The molecule has 0 amide bonds. The summed E-state index contributed by atoms with van der Waals surface area (Å²) in [5, 5.41) is 11.5. The average Bonchev–Trinajstić information content (AvgIpc) is 2.39. The molecule has 2 aromatic rings. The van der Waals surface area contributed by atoms with Gasteiger partial charge in [0.15, 0.2) is 11.9 Å². The Morgan fingerprint density at radius 2 is 1.84 bits per heavy atom. The molecule has 0 fully saturated rings. The van der Waals surface area contributed by atoms with Crippen molar-refractivity contribution in [2.45, 2.75) is 20.0 Å². The largest absolute Gasteiger partial charge is 0.506 e. The van der Waals surface area contributed by atoms with Crippen molar-refractivity contribution in [3.8, 4) is 5.75 Å². The maximum atomic E-state index is 11.9. The number of hydrogen-bond donors (Lipinski definition) is 1. The first-order chi connectivity index (χ1) is 9.00. The molecule has 0 unspecified atom stereocenters. The van der Waals surface area contributed by atoms with Crippen molar-refractivity contribution in [1.82, 2.24) is 0 Å². The van der Waals surface area contributed by atoms with E-state index in [-0.39, 0.29) is 17.1 Å². The van der Waals surface area contributed by atoms with Gasteiger partial charge >= 0.3 is 5.97 Å². The number of fused-ring (bicyclic) bond motifs is 1. The lowest BCUT2D eigenvalue weighted by molar-refractivity contribution is -0.124. The Morgan fingerprint density at radius 3 is 2.53 bits per heavy atom. The van der Waals surface area contributed by atoms with E-state index in [1.807, 2.05) is 12.1 Å². The molecule has 0 aliphatic heterocycles. The van der Waals surface area contributed by atoms with Gasteiger partial charge in [-0.1, -0.05) is 30.3 Å². The predicted octanol–water partition coefficient (Wildman–Crippen LogP) is 2.68. The summed E-state index contributed by atoms with van der Waals surface area (Å²) < 4.78 is 4.98. The van der Waals surface area contributed by atoms with Crippen LogP contribution in [0.2, 0.25) is 0 Å². The number of phenols is 1. The van der Waals surface area contributed by atoms with Gasteiger partial charge in [-0.15, -0.1) is 0 Å². The first kappa shape index (κ1) is 13.1. The molecule has 4 nitrogen and oxygen atoms in total. The highest BCUT2D eigenvalue weighted by molar-refractivity contribution is 6.01. The van der Waals surface area contributed by atoms with Gasteiger partial charge in [-0.3, -0.25) is 4.79 Å². The molecule has 0 spiro atoms. The van der Waals surface area contributed by atoms with Gasteiger partial charge in [0.05, 0.1) is 0 Å². The second kappa shape index (κ2) is 5.10. The number of esters is 1. The second-order valence-corrected chi connectivity index (χ2v) is 4.34. The molecule has 0 aromatic heterocycles. The van der Waals surface area contributed by atoms with Crippen LogP contribution in [-0.4, -0.2) is 23.0 Å². The summed E-state index contributed by atoms with van der Waals surface area (Å²) in [7, 11) is 0. The highest BCUT2D eigenvalue weighted by atomic mass is 16.5. The van der Waals surface area contributed by atoms with Crippen molar-refractivity contribution in [3.63, 3.8) is 0 Å². The normalized spacial score (nSPS) is 12.1. The Hall–Kier alpha value is -2.36. The fourth-order valence-corrected chi connectivity index (χ4v) is 1.73. The third kappa shape index (κ3) is 2.57. The average molecular weight is 258 g/mol. The number of carbonyl (C=O) groups excluding carboxylic acids is 2. The van der Waals surface area contributed by atoms with Crippen molar-refractivity contribution >= 4 is 22.5 Å². The third-order valence-electron chi connectivity index (χ3n) is 2.98. The number of benzene rings is 2. The zero-order chi connectivity index (χ0) is 14.0. The number of hydrogen-bond acceptors (Lipinski definition) is 4. The number of rotatable bonds is 3. The summed E-state index contributed by atoms with van der Waals surface area (Å²) in [5.41, 5.74) is 0.0619. The van der Waals surface area contributed by atoms with Gasteiger partial charge in [-0.25, -0.2) is 4.79 Å². The van der Waals surface area contributed by atoms with Crippen LogP contribution in [0, 0.1) is 0 Å². The van der Waals surface area contributed by atoms with Gasteiger partial charge < -0.3 is 9.84 Å². The second-order valence-electron chi connectivity index (χ2n) is 4.34. The number of ketones is 1. The van der Waals surface area contributed by atoms with Gasteiger partial charge in [0.2, 0.25) is 0 Å². The smallest absolute Gasteiger partial charge is 0.342 e. The first-order valence-electron chi connectivity index (χ1n) is 5.93. The summed E-state index contributed by atoms with van der Waals surface area (Å²) >= 11 is 0. The highest BCUT2D eigenvalue weighted by Gasteiger charge is 2.19. The van der Waals surface area contributed by atoms with E-state index in [0.29, 0.717) is 5.39 Å². The Bertz CT molecular complexity index is 646.